The van der Waals surface area contributed by atoms with Gasteiger partial charge in [0.15, 0.2) is 0 Å². The highest BCUT2D eigenvalue weighted by molar-refractivity contribution is 5.98. The molecular weight excluding hydrogens is 426 g/mol. The Balaban J connectivity index is 1.69. The molecule has 2 aliphatic heterocycles. The van der Waals surface area contributed by atoms with Crippen LogP contribution < -0.4 is 5.32 Å². The molecule has 1 aromatic rings. The van der Waals surface area contributed by atoms with Crippen LogP contribution in [0.3, 0.4) is 0 Å². The van der Waals surface area contributed by atoms with Gasteiger partial charge in [-0.3, -0.25) is 9.69 Å². The predicted molar refractivity (Wildman–Crippen MR) is 99.7 cm³/mol. The van der Waals surface area contributed by atoms with Crippen molar-refractivity contribution < 1.29 is 35.9 Å². The van der Waals surface area contributed by atoms with E-state index in [4.69, 9.17) is 4.74 Å². The first-order valence-electron chi connectivity index (χ1n) is 10.5. The Hall–Kier alpha value is -1.81. The summed E-state index contributed by atoms with van der Waals surface area (Å²) in [6.07, 6.45) is -6.43. The lowest BCUT2D eigenvalue weighted by Gasteiger charge is -2.38. The summed E-state index contributed by atoms with van der Waals surface area (Å²) in [7, 11) is 0. The van der Waals surface area contributed by atoms with Crippen molar-refractivity contribution in [2.45, 2.75) is 62.5 Å². The summed E-state index contributed by atoms with van der Waals surface area (Å²) in [6.45, 7) is 2.35. The van der Waals surface area contributed by atoms with Gasteiger partial charge in [0, 0.05) is 12.6 Å². The minimum Gasteiger partial charge on any atom is -0.379 e. The third kappa shape index (κ3) is 4.84. The molecule has 2 atom stereocenters. The van der Waals surface area contributed by atoms with E-state index in [1.54, 1.807) is 0 Å². The number of hydrogen-bond donors (Lipinski definition) is 1. The second-order valence-electron chi connectivity index (χ2n) is 8.51. The number of amides is 1. The molecule has 1 N–H and O–H groups in total. The zero-order valence-electron chi connectivity index (χ0n) is 16.8. The van der Waals surface area contributed by atoms with Gasteiger partial charge in [-0.2, -0.15) is 26.3 Å². The first-order chi connectivity index (χ1) is 14.6. The van der Waals surface area contributed by atoms with E-state index >= 15 is 0 Å². The van der Waals surface area contributed by atoms with Gasteiger partial charge >= 0.3 is 12.4 Å². The molecule has 0 aromatic heterocycles. The van der Waals surface area contributed by atoms with Crippen molar-refractivity contribution in [3.05, 3.63) is 34.4 Å². The van der Waals surface area contributed by atoms with Crippen molar-refractivity contribution in [3.63, 3.8) is 0 Å². The maximum atomic E-state index is 13.8. The third-order valence-electron chi connectivity index (χ3n) is 6.29. The zero-order chi connectivity index (χ0) is 22.4. The quantitative estimate of drug-likeness (QED) is 0.683. The highest BCUT2D eigenvalue weighted by Crippen LogP contribution is 2.47. The molecule has 0 bridgehead atoms. The van der Waals surface area contributed by atoms with Crippen LogP contribution in [-0.2, 0) is 17.1 Å². The molecular formula is C21H24F6N2O2. The number of nitrogens with one attached hydrogen (secondary N) is 1. The topological polar surface area (TPSA) is 41.6 Å². The lowest BCUT2D eigenvalue weighted by atomic mass is 9.92. The fourth-order valence-electron chi connectivity index (χ4n) is 4.64. The van der Waals surface area contributed by atoms with Crippen molar-refractivity contribution in [2.24, 2.45) is 0 Å². The van der Waals surface area contributed by atoms with E-state index in [-0.39, 0.29) is 24.3 Å². The Morgan fingerprint density at radius 1 is 1.00 bits per heavy atom. The predicted octanol–water partition coefficient (Wildman–Crippen LogP) is 4.58. The molecule has 2 heterocycles. The Labute approximate surface area is 175 Å². The van der Waals surface area contributed by atoms with Gasteiger partial charge in [-0.25, -0.2) is 0 Å². The summed E-state index contributed by atoms with van der Waals surface area (Å²) in [4.78, 5) is 15.3. The number of benzene rings is 1. The Morgan fingerprint density at radius 3 is 2.26 bits per heavy atom. The molecule has 10 heteroatoms. The van der Waals surface area contributed by atoms with Gasteiger partial charge in [-0.15, -0.1) is 0 Å². The van der Waals surface area contributed by atoms with Crippen LogP contribution in [0.25, 0.3) is 0 Å². The standard InChI is InChI=1S/C21H24F6N2O2/c22-20(23,24)13-9-14(12-3-4-12)18(15(10-13)21(25,26)27)19(30)28-16-11-31-8-5-17(16)29-6-1-2-7-29/h9-10,12,16-17H,1-8,11H2,(H,28,30)/t16-,17+/m0/s1. The monoisotopic (exact) mass is 450 g/mol. The zero-order valence-corrected chi connectivity index (χ0v) is 16.8. The maximum Gasteiger partial charge on any atom is 0.417 e. The molecule has 172 valence electrons. The van der Waals surface area contributed by atoms with Gasteiger partial charge in [-0.1, -0.05) is 0 Å². The number of rotatable bonds is 4. The summed E-state index contributed by atoms with van der Waals surface area (Å²) in [5, 5.41) is 2.67. The summed E-state index contributed by atoms with van der Waals surface area (Å²) in [6, 6.07) is 0.177. The second kappa shape index (κ2) is 8.27. The van der Waals surface area contributed by atoms with Gasteiger partial charge in [0.05, 0.1) is 29.3 Å². The molecule has 4 nitrogen and oxygen atoms in total. The van der Waals surface area contributed by atoms with Crippen molar-refractivity contribution in [3.8, 4) is 0 Å². The number of likely N-dealkylation sites (tertiary alicyclic amines) is 1. The van der Waals surface area contributed by atoms with E-state index in [0.717, 1.165) is 25.9 Å². The van der Waals surface area contributed by atoms with Gasteiger partial charge < -0.3 is 10.1 Å². The van der Waals surface area contributed by atoms with Crippen LogP contribution >= 0.6 is 0 Å². The van der Waals surface area contributed by atoms with E-state index in [1.807, 2.05) is 0 Å². The summed E-state index contributed by atoms with van der Waals surface area (Å²) < 4.78 is 86.5. The van der Waals surface area contributed by atoms with Crippen LogP contribution in [0.1, 0.15) is 65.1 Å². The molecule has 1 amide bonds. The normalized spacial score (nSPS) is 25.6. The fraction of sp³-hybridized carbons (Fsp3) is 0.667. The molecule has 0 radical (unpaired) electrons. The third-order valence-corrected chi connectivity index (χ3v) is 6.29. The van der Waals surface area contributed by atoms with Crippen molar-refractivity contribution in [2.75, 3.05) is 26.3 Å². The molecule has 31 heavy (non-hydrogen) atoms. The first-order valence-corrected chi connectivity index (χ1v) is 10.5. The summed E-state index contributed by atoms with van der Waals surface area (Å²) in [5.41, 5.74) is -3.77. The lowest BCUT2D eigenvalue weighted by Crippen LogP contribution is -2.56. The number of carbonyl (C=O) groups excluding carboxylic acids is 1. The van der Waals surface area contributed by atoms with Crippen LogP contribution in [0, 0.1) is 0 Å². The van der Waals surface area contributed by atoms with E-state index in [0.29, 0.717) is 31.9 Å². The Morgan fingerprint density at radius 2 is 1.68 bits per heavy atom. The SMILES string of the molecule is O=C(N[C@H]1COCC[C@H]1N1CCCC1)c1c(C2CC2)cc(C(F)(F)F)cc1C(F)(F)F. The summed E-state index contributed by atoms with van der Waals surface area (Å²) in [5.74, 6) is -1.45. The molecule has 0 spiro atoms. The largest absolute Gasteiger partial charge is 0.417 e. The number of ether oxygens (including phenoxy) is 1. The Kier molecular flexibility index (Phi) is 5.97. The molecule has 3 fully saturated rings. The van der Waals surface area contributed by atoms with Crippen LogP contribution in [0.2, 0.25) is 0 Å². The van der Waals surface area contributed by atoms with Gasteiger partial charge in [-0.05, 0) is 68.8 Å². The van der Waals surface area contributed by atoms with E-state index in [9.17, 15) is 31.1 Å². The van der Waals surface area contributed by atoms with Crippen LogP contribution in [0.4, 0.5) is 26.3 Å². The van der Waals surface area contributed by atoms with Crippen LogP contribution in [0.15, 0.2) is 12.1 Å². The maximum absolute atomic E-state index is 13.8. The van der Waals surface area contributed by atoms with Gasteiger partial charge in [0.2, 0.25) is 0 Å². The molecule has 3 aliphatic rings. The minimum atomic E-state index is -5.09. The molecule has 1 aromatic carbocycles. The minimum absolute atomic E-state index is 0.0517. The number of halogens is 6. The van der Waals surface area contributed by atoms with Crippen LogP contribution in [0.5, 0.6) is 0 Å². The van der Waals surface area contributed by atoms with E-state index in [1.165, 1.54) is 0 Å². The molecule has 0 unspecified atom stereocenters. The average molecular weight is 450 g/mol. The molecule has 2 saturated heterocycles. The number of hydrogen-bond acceptors (Lipinski definition) is 3. The number of alkyl halides is 6. The van der Waals surface area contributed by atoms with E-state index < -0.39 is 46.9 Å². The number of carbonyl (C=O) groups is 1. The number of nitrogens with zero attached hydrogens (tertiary/aromatic N) is 1. The Bertz CT molecular complexity index is 828. The second-order valence-corrected chi connectivity index (χ2v) is 8.51. The van der Waals surface area contributed by atoms with Crippen LogP contribution in [-0.4, -0.2) is 49.2 Å². The van der Waals surface area contributed by atoms with E-state index in [2.05, 4.69) is 10.2 Å². The van der Waals surface area contributed by atoms with Crippen molar-refractivity contribution >= 4 is 5.91 Å². The van der Waals surface area contributed by atoms with Crippen molar-refractivity contribution in [1.82, 2.24) is 10.2 Å². The average Bonchev–Trinajstić information content (AvgIpc) is 3.40. The highest BCUT2D eigenvalue weighted by Gasteiger charge is 2.44. The van der Waals surface area contributed by atoms with Gasteiger partial charge in [0.25, 0.3) is 5.91 Å². The summed E-state index contributed by atoms with van der Waals surface area (Å²) >= 11 is 0. The molecule has 1 aliphatic carbocycles. The fourth-order valence-corrected chi connectivity index (χ4v) is 4.64. The highest BCUT2D eigenvalue weighted by atomic mass is 19.4. The smallest absolute Gasteiger partial charge is 0.379 e. The lowest BCUT2D eigenvalue weighted by molar-refractivity contribution is -0.143. The molecule has 4 rings (SSSR count). The van der Waals surface area contributed by atoms with Crippen molar-refractivity contribution in [1.29, 1.82) is 0 Å². The first kappa shape index (κ1) is 22.4. The van der Waals surface area contributed by atoms with Gasteiger partial charge in [0.1, 0.15) is 0 Å². The molecule has 1 saturated carbocycles.